The van der Waals surface area contributed by atoms with Crippen molar-refractivity contribution in [3.05, 3.63) is 41.6 Å². The van der Waals surface area contributed by atoms with Crippen molar-refractivity contribution in [1.82, 2.24) is 15.1 Å². The fourth-order valence-corrected chi connectivity index (χ4v) is 3.08. The third-order valence-electron chi connectivity index (χ3n) is 4.33. The van der Waals surface area contributed by atoms with Crippen LogP contribution in [-0.4, -0.2) is 40.8 Å². The zero-order valence-electron chi connectivity index (χ0n) is 13.4. The second-order valence-electron chi connectivity index (χ2n) is 5.99. The summed E-state index contributed by atoms with van der Waals surface area (Å²) in [7, 11) is 0. The first-order valence-corrected chi connectivity index (χ1v) is 8.57. The lowest BCUT2D eigenvalue weighted by Gasteiger charge is -2.20. The van der Waals surface area contributed by atoms with Gasteiger partial charge in [0.15, 0.2) is 5.15 Å². The molecule has 3 rings (SSSR count). The van der Waals surface area contributed by atoms with E-state index in [1.54, 1.807) is 6.07 Å². The van der Waals surface area contributed by atoms with E-state index < -0.39 is 0 Å². The van der Waals surface area contributed by atoms with Gasteiger partial charge in [-0.25, -0.2) is 0 Å². The summed E-state index contributed by atoms with van der Waals surface area (Å²) in [5.74, 6) is 0.894. The number of benzene rings is 1. The normalized spacial score (nSPS) is 18.3. The molecule has 1 aromatic carbocycles. The maximum absolute atomic E-state index is 5.83. The Morgan fingerprint density at radius 2 is 2.00 bits per heavy atom. The number of aromatic nitrogens is 2. The van der Waals surface area contributed by atoms with Crippen LogP contribution in [0.2, 0.25) is 5.15 Å². The molecule has 0 amide bonds. The molecule has 1 aliphatic heterocycles. The quantitative estimate of drug-likeness (QED) is 0.748. The van der Waals surface area contributed by atoms with Gasteiger partial charge in [-0.05, 0) is 69.1 Å². The molecule has 1 atom stereocenters. The Bertz CT molecular complexity index is 615. The van der Waals surface area contributed by atoms with Crippen LogP contribution in [0.5, 0.6) is 5.75 Å². The zero-order chi connectivity index (χ0) is 16.1. The Balaban J connectivity index is 1.47. The average molecular weight is 332 g/mol. The van der Waals surface area contributed by atoms with E-state index in [-0.39, 0.29) is 0 Å². The Hall–Kier alpha value is -1.65. The number of nitrogens with zero attached hydrogens (tertiary/aromatic N) is 3. The molecule has 4 nitrogen and oxygen atoms in total. The number of likely N-dealkylation sites (tertiary alicyclic amines) is 1. The van der Waals surface area contributed by atoms with Gasteiger partial charge < -0.3 is 9.64 Å². The van der Waals surface area contributed by atoms with Crippen LogP contribution in [0.4, 0.5) is 0 Å². The van der Waals surface area contributed by atoms with Gasteiger partial charge in [0.1, 0.15) is 5.75 Å². The minimum atomic E-state index is 0.404. The van der Waals surface area contributed by atoms with Crippen molar-refractivity contribution >= 4 is 11.6 Å². The summed E-state index contributed by atoms with van der Waals surface area (Å²) in [6, 6.07) is 12.3. The van der Waals surface area contributed by atoms with Crippen LogP contribution in [-0.2, 0) is 0 Å². The molecule has 0 N–H and O–H groups in total. The van der Waals surface area contributed by atoms with Gasteiger partial charge in [-0.3, -0.25) is 0 Å². The van der Waals surface area contributed by atoms with Gasteiger partial charge in [0.05, 0.1) is 12.3 Å². The summed E-state index contributed by atoms with van der Waals surface area (Å²) < 4.78 is 5.83. The van der Waals surface area contributed by atoms with Crippen molar-refractivity contribution in [3.63, 3.8) is 0 Å². The monoisotopic (exact) mass is 331 g/mol. The highest BCUT2D eigenvalue weighted by Crippen LogP contribution is 2.21. The molecule has 1 aliphatic rings. The predicted molar refractivity (Wildman–Crippen MR) is 92.9 cm³/mol. The molecule has 0 unspecified atom stereocenters. The number of hydrogen-bond donors (Lipinski definition) is 0. The van der Waals surface area contributed by atoms with Crippen molar-refractivity contribution in [3.8, 4) is 17.0 Å². The van der Waals surface area contributed by atoms with E-state index in [4.69, 9.17) is 16.3 Å². The topological polar surface area (TPSA) is 38.2 Å². The standard InChI is InChI=1S/C18H22ClN3O/c1-14-4-2-11-22(14)12-3-13-23-16-7-5-15(6-8-16)17-9-10-18(19)21-20-17/h5-10,14H,2-4,11-13H2,1H3/t14-/m1/s1. The first-order valence-electron chi connectivity index (χ1n) is 8.19. The van der Waals surface area contributed by atoms with Crippen LogP contribution < -0.4 is 4.74 Å². The molecular formula is C18H22ClN3O. The summed E-state index contributed by atoms with van der Waals surface area (Å²) in [6.07, 6.45) is 3.72. The number of ether oxygens (including phenoxy) is 1. The molecule has 2 aromatic rings. The van der Waals surface area contributed by atoms with E-state index in [1.807, 2.05) is 30.3 Å². The van der Waals surface area contributed by atoms with E-state index >= 15 is 0 Å². The first kappa shape index (κ1) is 16.2. The Morgan fingerprint density at radius 3 is 2.65 bits per heavy atom. The molecule has 2 heterocycles. The average Bonchev–Trinajstić information content (AvgIpc) is 2.98. The molecule has 0 bridgehead atoms. The molecule has 1 aromatic heterocycles. The Morgan fingerprint density at radius 1 is 1.17 bits per heavy atom. The lowest BCUT2D eigenvalue weighted by molar-refractivity contribution is 0.230. The third-order valence-corrected chi connectivity index (χ3v) is 4.53. The minimum absolute atomic E-state index is 0.404. The van der Waals surface area contributed by atoms with Crippen LogP contribution >= 0.6 is 11.6 Å². The summed E-state index contributed by atoms with van der Waals surface area (Å²) >= 11 is 5.75. The maximum Gasteiger partial charge on any atom is 0.151 e. The second kappa shape index (κ2) is 7.75. The van der Waals surface area contributed by atoms with Gasteiger partial charge in [-0.2, -0.15) is 0 Å². The molecule has 0 aliphatic carbocycles. The summed E-state index contributed by atoms with van der Waals surface area (Å²) in [6.45, 7) is 5.42. The smallest absolute Gasteiger partial charge is 0.151 e. The highest BCUT2D eigenvalue weighted by molar-refractivity contribution is 6.29. The summed E-state index contributed by atoms with van der Waals surface area (Å²) in [5.41, 5.74) is 1.82. The molecule has 0 spiro atoms. The van der Waals surface area contributed by atoms with Crippen LogP contribution in [0.25, 0.3) is 11.3 Å². The van der Waals surface area contributed by atoms with E-state index in [1.165, 1.54) is 19.4 Å². The van der Waals surface area contributed by atoms with Crippen molar-refractivity contribution in [2.24, 2.45) is 0 Å². The zero-order valence-corrected chi connectivity index (χ0v) is 14.2. The SMILES string of the molecule is C[C@@H]1CCCN1CCCOc1ccc(-c2ccc(Cl)nn2)cc1. The highest BCUT2D eigenvalue weighted by Gasteiger charge is 2.18. The maximum atomic E-state index is 5.83. The first-order chi connectivity index (χ1) is 11.2. The molecule has 0 saturated carbocycles. The van der Waals surface area contributed by atoms with Crippen LogP contribution in [0.1, 0.15) is 26.2 Å². The fraction of sp³-hybridized carbons (Fsp3) is 0.444. The van der Waals surface area contributed by atoms with Gasteiger partial charge >= 0.3 is 0 Å². The number of halogens is 1. The van der Waals surface area contributed by atoms with Crippen LogP contribution in [0, 0.1) is 0 Å². The van der Waals surface area contributed by atoms with Gasteiger partial charge in [0.25, 0.3) is 0 Å². The van der Waals surface area contributed by atoms with Gasteiger partial charge in [-0.1, -0.05) is 11.6 Å². The predicted octanol–water partition coefficient (Wildman–Crippen LogP) is 4.05. The molecule has 1 saturated heterocycles. The van der Waals surface area contributed by atoms with E-state index in [0.29, 0.717) is 5.15 Å². The molecule has 122 valence electrons. The van der Waals surface area contributed by atoms with E-state index in [9.17, 15) is 0 Å². The van der Waals surface area contributed by atoms with Crippen LogP contribution in [0.3, 0.4) is 0 Å². The Labute approximate surface area is 142 Å². The molecule has 0 radical (unpaired) electrons. The van der Waals surface area contributed by atoms with Gasteiger partial charge in [0.2, 0.25) is 0 Å². The second-order valence-corrected chi connectivity index (χ2v) is 6.38. The van der Waals surface area contributed by atoms with Crippen molar-refractivity contribution < 1.29 is 4.74 Å². The van der Waals surface area contributed by atoms with Gasteiger partial charge in [-0.15, -0.1) is 10.2 Å². The lowest BCUT2D eigenvalue weighted by atomic mass is 10.1. The van der Waals surface area contributed by atoms with Crippen LogP contribution in [0.15, 0.2) is 36.4 Å². The third kappa shape index (κ3) is 4.43. The Kier molecular flexibility index (Phi) is 5.47. The molecule has 5 heteroatoms. The lowest BCUT2D eigenvalue weighted by Crippen LogP contribution is -2.28. The minimum Gasteiger partial charge on any atom is -0.494 e. The summed E-state index contributed by atoms with van der Waals surface area (Å²) in [4.78, 5) is 2.55. The molecule has 1 fully saturated rings. The molecule has 23 heavy (non-hydrogen) atoms. The number of hydrogen-bond acceptors (Lipinski definition) is 4. The number of rotatable bonds is 6. The highest BCUT2D eigenvalue weighted by atomic mass is 35.5. The van der Waals surface area contributed by atoms with Crippen molar-refractivity contribution in [2.45, 2.75) is 32.2 Å². The van der Waals surface area contributed by atoms with E-state index in [0.717, 1.165) is 42.6 Å². The fourth-order valence-electron chi connectivity index (χ4n) is 2.97. The molecular weight excluding hydrogens is 310 g/mol. The van der Waals surface area contributed by atoms with Gasteiger partial charge in [0, 0.05) is 18.2 Å². The van der Waals surface area contributed by atoms with E-state index in [2.05, 4.69) is 22.0 Å². The van der Waals surface area contributed by atoms with Crippen molar-refractivity contribution in [1.29, 1.82) is 0 Å². The largest absolute Gasteiger partial charge is 0.494 e. The summed E-state index contributed by atoms with van der Waals surface area (Å²) in [5, 5.41) is 8.34. The van der Waals surface area contributed by atoms with Crippen molar-refractivity contribution in [2.75, 3.05) is 19.7 Å².